The summed E-state index contributed by atoms with van der Waals surface area (Å²) in [5.74, 6) is 0.00497. The van der Waals surface area contributed by atoms with Gasteiger partial charge in [0.1, 0.15) is 0 Å². The summed E-state index contributed by atoms with van der Waals surface area (Å²) < 4.78 is 0. The van der Waals surface area contributed by atoms with Crippen LogP contribution in [0.2, 0.25) is 5.02 Å². The maximum Gasteiger partial charge on any atom is 0.228 e. The number of allylic oxidation sites excluding steroid dienone is 1. The van der Waals surface area contributed by atoms with E-state index in [9.17, 15) is 4.79 Å². The van der Waals surface area contributed by atoms with Gasteiger partial charge in [-0.1, -0.05) is 23.7 Å². The van der Waals surface area contributed by atoms with Crippen LogP contribution in [-0.2, 0) is 4.79 Å². The summed E-state index contributed by atoms with van der Waals surface area (Å²) in [6.45, 7) is 1.99. The number of carbonyl (C=O) groups excluding carboxylic acids is 1. The summed E-state index contributed by atoms with van der Waals surface area (Å²) in [6.07, 6.45) is 2.35. The van der Waals surface area contributed by atoms with Crippen molar-refractivity contribution in [2.24, 2.45) is 0 Å². The molecule has 0 saturated carbocycles. The monoisotopic (exact) mass is 207 g/mol. The summed E-state index contributed by atoms with van der Waals surface area (Å²) in [5.41, 5.74) is 2.95. The Morgan fingerprint density at radius 2 is 2.21 bits per heavy atom. The lowest BCUT2D eigenvalue weighted by Gasteiger charge is -2.07. The number of rotatable bonds is 0. The van der Waals surface area contributed by atoms with E-state index < -0.39 is 0 Å². The fourth-order valence-corrected chi connectivity index (χ4v) is 1.69. The fourth-order valence-electron chi connectivity index (χ4n) is 1.52. The van der Waals surface area contributed by atoms with Gasteiger partial charge < -0.3 is 5.32 Å². The highest BCUT2D eigenvalue weighted by Crippen LogP contribution is 2.29. The van der Waals surface area contributed by atoms with E-state index in [0.717, 1.165) is 16.8 Å². The van der Waals surface area contributed by atoms with Crippen molar-refractivity contribution in [1.29, 1.82) is 0 Å². The van der Waals surface area contributed by atoms with Crippen LogP contribution in [0.3, 0.4) is 0 Å². The highest BCUT2D eigenvalue weighted by Gasteiger charge is 2.12. The molecular formula is C11H10ClNO. The SMILES string of the molecule is CC1=CCC(=O)Nc2cc(Cl)ccc21. The third-order valence-corrected chi connectivity index (χ3v) is 2.51. The Morgan fingerprint density at radius 1 is 1.43 bits per heavy atom. The van der Waals surface area contributed by atoms with Gasteiger partial charge in [0, 0.05) is 22.7 Å². The summed E-state index contributed by atoms with van der Waals surface area (Å²) in [5, 5.41) is 3.46. The first-order valence-electron chi connectivity index (χ1n) is 4.43. The summed E-state index contributed by atoms with van der Waals surface area (Å²) >= 11 is 5.85. The molecule has 14 heavy (non-hydrogen) atoms. The zero-order chi connectivity index (χ0) is 10.1. The first-order chi connectivity index (χ1) is 6.66. The molecule has 0 spiro atoms. The summed E-state index contributed by atoms with van der Waals surface area (Å²) in [7, 11) is 0. The van der Waals surface area contributed by atoms with Crippen molar-refractivity contribution in [2.75, 3.05) is 5.32 Å². The predicted octanol–water partition coefficient (Wildman–Crippen LogP) is 3.09. The van der Waals surface area contributed by atoms with Gasteiger partial charge in [0.2, 0.25) is 5.91 Å². The molecule has 2 rings (SSSR count). The molecule has 1 aliphatic heterocycles. The molecule has 0 atom stereocenters. The van der Waals surface area contributed by atoms with Gasteiger partial charge in [-0.25, -0.2) is 0 Å². The molecule has 1 N–H and O–H groups in total. The normalized spacial score (nSPS) is 15.3. The van der Waals surface area contributed by atoms with Crippen LogP contribution in [0.5, 0.6) is 0 Å². The average Bonchev–Trinajstić information content (AvgIpc) is 2.26. The number of fused-ring (bicyclic) bond motifs is 1. The van der Waals surface area contributed by atoms with Crippen molar-refractivity contribution in [3.05, 3.63) is 34.9 Å². The number of hydrogen-bond acceptors (Lipinski definition) is 1. The van der Waals surface area contributed by atoms with E-state index >= 15 is 0 Å². The van der Waals surface area contributed by atoms with Gasteiger partial charge in [0.05, 0.1) is 0 Å². The number of halogens is 1. The number of anilines is 1. The zero-order valence-corrected chi connectivity index (χ0v) is 8.56. The number of benzene rings is 1. The van der Waals surface area contributed by atoms with Crippen molar-refractivity contribution in [1.82, 2.24) is 0 Å². The topological polar surface area (TPSA) is 29.1 Å². The van der Waals surface area contributed by atoms with Crippen LogP contribution in [0, 0.1) is 0 Å². The van der Waals surface area contributed by atoms with Crippen LogP contribution >= 0.6 is 11.6 Å². The van der Waals surface area contributed by atoms with Gasteiger partial charge in [-0.2, -0.15) is 0 Å². The molecule has 72 valence electrons. The number of amides is 1. The third kappa shape index (κ3) is 1.66. The van der Waals surface area contributed by atoms with Crippen LogP contribution in [-0.4, -0.2) is 5.91 Å². The Bertz CT molecular complexity index is 423. The Morgan fingerprint density at radius 3 is 3.00 bits per heavy atom. The van der Waals surface area contributed by atoms with E-state index in [1.807, 2.05) is 25.1 Å². The van der Waals surface area contributed by atoms with Crippen LogP contribution < -0.4 is 5.32 Å². The minimum atomic E-state index is 0.00497. The number of carbonyl (C=O) groups is 1. The van der Waals surface area contributed by atoms with E-state index in [4.69, 9.17) is 11.6 Å². The van der Waals surface area contributed by atoms with Crippen molar-refractivity contribution in [3.8, 4) is 0 Å². The van der Waals surface area contributed by atoms with Gasteiger partial charge in [-0.05, 0) is 24.6 Å². The quantitative estimate of drug-likeness (QED) is 0.696. The molecule has 2 nitrogen and oxygen atoms in total. The van der Waals surface area contributed by atoms with Crippen molar-refractivity contribution >= 4 is 28.8 Å². The third-order valence-electron chi connectivity index (χ3n) is 2.27. The molecule has 1 amide bonds. The van der Waals surface area contributed by atoms with E-state index in [2.05, 4.69) is 5.32 Å². The van der Waals surface area contributed by atoms with Crippen LogP contribution in [0.4, 0.5) is 5.69 Å². The molecule has 0 aromatic heterocycles. The first kappa shape index (κ1) is 9.28. The zero-order valence-electron chi connectivity index (χ0n) is 7.80. The van der Waals surface area contributed by atoms with E-state index in [0.29, 0.717) is 11.4 Å². The van der Waals surface area contributed by atoms with Gasteiger partial charge >= 0.3 is 0 Å². The fraction of sp³-hybridized carbons (Fsp3) is 0.182. The van der Waals surface area contributed by atoms with Gasteiger partial charge in [0.15, 0.2) is 0 Å². The summed E-state index contributed by atoms with van der Waals surface area (Å²) in [6, 6.07) is 5.53. The van der Waals surface area contributed by atoms with Crippen LogP contribution in [0.15, 0.2) is 24.3 Å². The average molecular weight is 208 g/mol. The highest BCUT2D eigenvalue weighted by atomic mass is 35.5. The molecule has 0 unspecified atom stereocenters. The molecule has 0 radical (unpaired) electrons. The van der Waals surface area contributed by atoms with Gasteiger partial charge in [0.25, 0.3) is 0 Å². The molecule has 0 fully saturated rings. The number of hydrogen-bond donors (Lipinski definition) is 1. The van der Waals surface area contributed by atoms with Crippen molar-refractivity contribution < 1.29 is 4.79 Å². The standard InChI is InChI=1S/C11H10ClNO/c1-7-2-5-11(14)13-10-6-8(12)3-4-9(7)10/h2-4,6H,5H2,1H3,(H,13,14). The second kappa shape index (κ2) is 3.46. The molecule has 0 bridgehead atoms. The Hall–Kier alpha value is -1.28. The van der Waals surface area contributed by atoms with Crippen LogP contribution in [0.25, 0.3) is 5.57 Å². The maximum atomic E-state index is 11.3. The molecule has 0 saturated heterocycles. The molecule has 1 heterocycles. The van der Waals surface area contributed by atoms with E-state index in [-0.39, 0.29) is 5.91 Å². The summed E-state index contributed by atoms with van der Waals surface area (Å²) in [4.78, 5) is 11.3. The lowest BCUT2D eigenvalue weighted by Crippen LogP contribution is -2.09. The van der Waals surface area contributed by atoms with Gasteiger partial charge in [-0.3, -0.25) is 4.79 Å². The smallest absolute Gasteiger partial charge is 0.228 e. The lowest BCUT2D eigenvalue weighted by molar-refractivity contribution is -0.115. The predicted molar refractivity (Wildman–Crippen MR) is 58.3 cm³/mol. The largest absolute Gasteiger partial charge is 0.325 e. The van der Waals surface area contributed by atoms with Crippen molar-refractivity contribution in [3.63, 3.8) is 0 Å². The number of nitrogens with one attached hydrogen (secondary N) is 1. The minimum absolute atomic E-state index is 0.00497. The molecule has 3 heteroatoms. The lowest BCUT2D eigenvalue weighted by atomic mass is 10.1. The second-order valence-corrected chi connectivity index (χ2v) is 3.77. The van der Waals surface area contributed by atoms with Gasteiger partial charge in [-0.15, -0.1) is 0 Å². The highest BCUT2D eigenvalue weighted by molar-refractivity contribution is 6.31. The molecule has 1 aliphatic rings. The molecular weight excluding hydrogens is 198 g/mol. The van der Waals surface area contributed by atoms with E-state index in [1.165, 1.54) is 0 Å². The Kier molecular flexibility index (Phi) is 2.30. The first-order valence-corrected chi connectivity index (χ1v) is 4.81. The van der Waals surface area contributed by atoms with Crippen molar-refractivity contribution in [2.45, 2.75) is 13.3 Å². The Balaban J connectivity index is 2.56. The Labute approximate surface area is 87.6 Å². The minimum Gasteiger partial charge on any atom is -0.325 e. The van der Waals surface area contributed by atoms with E-state index in [1.54, 1.807) is 6.07 Å². The second-order valence-electron chi connectivity index (χ2n) is 3.33. The van der Waals surface area contributed by atoms with Crippen LogP contribution in [0.1, 0.15) is 18.9 Å². The molecule has 0 aliphatic carbocycles. The maximum absolute atomic E-state index is 11.3. The molecule has 1 aromatic rings. The molecule has 1 aromatic carbocycles.